The Balaban J connectivity index is 1.73. The van der Waals surface area contributed by atoms with Crippen molar-refractivity contribution in [1.29, 1.82) is 0 Å². The molecule has 3 rings (SSSR count). The standard InChI is InChI=1S/C20H23N5O2/c1-13-9-10-15(19-24-18(25-27-19)11-14(2)21-3)12-17(13)23-20(26)22-16-7-5-4-6-8-16/h4-10,12,14,21H,11H2,1-3H3,(H2,22,23,26). The summed E-state index contributed by atoms with van der Waals surface area (Å²) >= 11 is 0. The Morgan fingerprint density at radius 3 is 2.67 bits per heavy atom. The van der Waals surface area contributed by atoms with Crippen molar-refractivity contribution in [1.82, 2.24) is 15.5 Å². The molecule has 140 valence electrons. The summed E-state index contributed by atoms with van der Waals surface area (Å²) in [6.45, 7) is 3.98. The van der Waals surface area contributed by atoms with Gasteiger partial charge in [0.25, 0.3) is 5.89 Å². The van der Waals surface area contributed by atoms with E-state index in [2.05, 4.69) is 33.0 Å². The van der Waals surface area contributed by atoms with Crippen LogP contribution in [0.1, 0.15) is 18.3 Å². The van der Waals surface area contributed by atoms with Gasteiger partial charge in [-0.05, 0) is 50.7 Å². The lowest BCUT2D eigenvalue weighted by Gasteiger charge is -2.10. The van der Waals surface area contributed by atoms with Crippen molar-refractivity contribution in [3.63, 3.8) is 0 Å². The molecule has 1 atom stereocenters. The van der Waals surface area contributed by atoms with Crippen LogP contribution in [0.2, 0.25) is 0 Å². The van der Waals surface area contributed by atoms with Gasteiger partial charge < -0.3 is 20.5 Å². The summed E-state index contributed by atoms with van der Waals surface area (Å²) in [5.41, 5.74) is 3.10. The van der Waals surface area contributed by atoms with E-state index in [-0.39, 0.29) is 12.1 Å². The van der Waals surface area contributed by atoms with E-state index in [9.17, 15) is 4.79 Å². The van der Waals surface area contributed by atoms with Crippen LogP contribution in [0.25, 0.3) is 11.5 Å². The largest absolute Gasteiger partial charge is 0.334 e. The third-order valence-corrected chi connectivity index (χ3v) is 4.21. The molecule has 0 fully saturated rings. The molecule has 27 heavy (non-hydrogen) atoms. The number of benzene rings is 2. The number of para-hydroxylation sites is 1. The average Bonchev–Trinajstić information content (AvgIpc) is 3.12. The number of nitrogens with zero attached hydrogens (tertiary/aromatic N) is 2. The smallest absolute Gasteiger partial charge is 0.323 e. The second-order valence-corrected chi connectivity index (χ2v) is 6.38. The summed E-state index contributed by atoms with van der Waals surface area (Å²) in [7, 11) is 1.89. The fourth-order valence-electron chi connectivity index (χ4n) is 2.53. The van der Waals surface area contributed by atoms with Gasteiger partial charge in [-0.1, -0.05) is 29.4 Å². The Bertz CT molecular complexity index is 908. The molecular formula is C20H23N5O2. The fraction of sp³-hybridized carbons (Fsp3) is 0.250. The topological polar surface area (TPSA) is 92.1 Å². The second-order valence-electron chi connectivity index (χ2n) is 6.38. The Labute approximate surface area is 158 Å². The molecule has 1 unspecified atom stereocenters. The molecule has 1 heterocycles. The zero-order chi connectivity index (χ0) is 19.2. The highest BCUT2D eigenvalue weighted by molar-refractivity contribution is 6.00. The van der Waals surface area contributed by atoms with Crippen molar-refractivity contribution in [2.45, 2.75) is 26.3 Å². The number of aryl methyl sites for hydroxylation is 1. The number of amides is 2. The van der Waals surface area contributed by atoms with Gasteiger partial charge in [-0.15, -0.1) is 0 Å². The predicted molar refractivity (Wildman–Crippen MR) is 106 cm³/mol. The highest BCUT2D eigenvalue weighted by Gasteiger charge is 2.13. The van der Waals surface area contributed by atoms with Crippen LogP contribution in [0.15, 0.2) is 53.1 Å². The molecule has 0 saturated heterocycles. The zero-order valence-electron chi connectivity index (χ0n) is 15.6. The molecule has 0 aliphatic rings. The maximum absolute atomic E-state index is 12.3. The van der Waals surface area contributed by atoms with E-state index in [1.807, 2.05) is 62.5 Å². The van der Waals surface area contributed by atoms with Crippen LogP contribution >= 0.6 is 0 Å². The molecular weight excluding hydrogens is 342 g/mol. The number of urea groups is 1. The Morgan fingerprint density at radius 2 is 1.93 bits per heavy atom. The zero-order valence-corrected chi connectivity index (χ0v) is 15.6. The van der Waals surface area contributed by atoms with Gasteiger partial charge in [-0.25, -0.2) is 4.79 Å². The maximum Gasteiger partial charge on any atom is 0.323 e. The van der Waals surface area contributed by atoms with Crippen LogP contribution in [0.3, 0.4) is 0 Å². The van der Waals surface area contributed by atoms with Crippen molar-refractivity contribution >= 4 is 17.4 Å². The summed E-state index contributed by atoms with van der Waals surface area (Å²) < 4.78 is 5.37. The summed E-state index contributed by atoms with van der Waals surface area (Å²) in [5, 5.41) is 12.8. The van der Waals surface area contributed by atoms with Crippen LogP contribution < -0.4 is 16.0 Å². The quantitative estimate of drug-likeness (QED) is 0.617. The van der Waals surface area contributed by atoms with Gasteiger partial charge >= 0.3 is 6.03 Å². The number of anilines is 2. The fourth-order valence-corrected chi connectivity index (χ4v) is 2.53. The van der Waals surface area contributed by atoms with E-state index in [0.717, 1.165) is 16.8 Å². The molecule has 3 aromatic rings. The number of aromatic nitrogens is 2. The lowest BCUT2D eigenvalue weighted by Crippen LogP contribution is -2.24. The molecule has 1 aromatic heterocycles. The van der Waals surface area contributed by atoms with Crippen LogP contribution in [-0.4, -0.2) is 29.3 Å². The molecule has 2 amide bonds. The first-order valence-corrected chi connectivity index (χ1v) is 8.79. The first-order valence-electron chi connectivity index (χ1n) is 8.79. The number of carbonyl (C=O) groups is 1. The lowest BCUT2D eigenvalue weighted by atomic mass is 10.1. The van der Waals surface area contributed by atoms with Crippen molar-refractivity contribution in [3.8, 4) is 11.5 Å². The van der Waals surface area contributed by atoms with Crippen LogP contribution in [-0.2, 0) is 6.42 Å². The minimum absolute atomic E-state index is 0.257. The Morgan fingerprint density at radius 1 is 1.15 bits per heavy atom. The van der Waals surface area contributed by atoms with Gasteiger partial charge in [0, 0.05) is 29.4 Å². The van der Waals surface area contributed by atoms with E-state index in [0.29, 0.717) is 23.8 Å². The predicted octanol–water partition coefficient (Wildman–Crippen LogP) is 3.84. The molecule has 0 aliphatic heterocycles. The minimum atomic E-state index is -0.310. The third kappa shape index (κ3) is 4.92. The highest BCUT2D eigenvalue weighted by Crippen LogP contribution is 2.24. The minimum Gasteiger partial charge on any atom is -0.334 e. The van der Waals surface area contributed by atoms with Gasteiger partial charge in [0.2, 0.25) is 0 Å². The maximum atomic E-state index is 12.3. The summed E-state index contributed by atoms with van der Waals surface area (Å²) in [6, 6.07) is 14.9. The van der Waals surface area contributed by atoms with Crippen molar-refractivity contribution < 1.29 is 9.32 Å². The van der Waals surface area contributed by atoms with Gasteiger partial charge in [0.1, 0.15) is 0 Å². The van der Waals surface area contributed by atoms with Crippen LogP contribution in [0.5, 0.6) is 0 Å². The van der Waals surface area contributed by atoms with E-state index in [1.165, 1.54) is 0 Å². The van der Waals surface area contributed by atoms with Crippen molar-refractivity contribution in [3.05, 3.63) is 59.9 Å². The molecule has 0 bridgehead atoms. The Kier molecular flexibility index (Phi) is 5.83. The first kappa shape index (κ1) is 18.6. The van der Waals surface area contributed by atoms with Crippen molar-refractivity contribution in [2.75, 3.05) is 17.7 Å². The van der Waals surface area contributed by atoms with Gasteiger partial charge in [-0.3, -0.25) is 0 Å². The summed E-state index contributed by atoms with van der Waals surface area (Å²) in [6.07, 6.45) is 0.677. The number of likely N-dealkylation sites (N-methyl/N-ethyl adjacent to an activating group) is 1. The SMILES string of the molecule is CNC(C)Cc1noc(-c2ccc(C)c(NC(=O)Nc3ccccc3)c2)n1. The first-order chi connectivity index (χ1) is 13.0. The third-order valence-electron chi connectivity index (χ3n) is 4.21. The number of carbonyl (C=O) groups excluding carboxylic acids is 1. The highest BCUT2D eigenvalue weighted by atomic mass is 16.5. The number of hydrogen-bond acceptors (Lipinski definition) is 5. The molecule has 7 nitrogen and oxygen atoms in total. The molecule has 0 saturated carbocycles. The van der Waals surface area contributed by atoms with Crippen LogP contribution in [0, 0.1) is 6.92 Å². The van der Waals surface area contributed by atoms with E-state index in [1.54, 1.807) is 0 Å². The van der Waals surface area contributed by atoms with Crippen molar-refractivity contribution in [2.24, 2.45) is 0 Å². The molecule has 0 spiro atoms. The van der Waals surface area contributed by atoms with Gasteiger partial charge in [0.05, 0.1) is 0 Å². The number of hydrogen-bond donors (Lipinski definition) is 3. The normalized spacial score (nSPS) is 11.8. The molecule has 2 aromatic carbocycles. The second kappa shape index (κ2) is 8.46. The number of rotatable bonds is 6. The average molecular weight is 365 g/mol. The van der Waals surface area contributed by atoms with E-state index < -0.39 is 0 Å². The molecule has 3 N–H and O–H groups in total. The summed E-state index contributed by atoms with van der Waals surface area (Å²) in [5.74, 6) is 1.07. The Hall–Kier alpha value is -3.19. The lowest BCUT2D eigenvalue weighted by molar-refractivity contribution is 0.262. The van der Waals surface area contributed by atoms with Crippen LogP contribution in [0.4, 0.5) is 16.2 Å². The van der Waals surface area contributed by atoms with E-state index in [4.69, 9.17) is 4.52 Å². The summed E-state index contributed by atoms with van der Waals surface area (Å²) in [4.78, 5) is 16.7. The number of nitrogens with one attached hydrogen (secondary N) is 3. The monoisotopic (exact) mass is 365 g/mol. The van der Waals surface area contributed by atoms with Gasteiger partial charge in [0.15, 0.2) is 5.82 Å². The van der Waals surface area contributed by atoms with Gasteiger partial charge in [-0.2, -0.15) is 4.98 Å². The van der Waals surface area contributed by atoms with E-state index >= 15 is 0 Å². The molecule has 0 aliphatic carbocycles. The molecule has 7 heteroatoms. The molecule has 0 radical (unpaired) electrons.